The topological polar surface area (TPSA) is 24.9 Å². The van der Waals surface area contributed by atoms with Crippen LogP contribution in [0.15, 0.2) is 18.3 Å². The molecule has 0 saturated heterocycles. The molecule has 0 amide bonds. The van der Waals surface area contributed by atoms with E-state index in [-0.39, 0.29) is 0 Å². The molecule has 2 heterocycles. The maximum absolute atomic E-state index is 4.49. The van der Waals surface area contributed by atoms with Gasteiger partial charge in [-0.3, -0.25) is 4.98 Å². The van der Waals surface area contributed by atoms with Crippen molar-refractivity contribution in [1.82, 2.24) is 10.3 Å². The first-order chi connectivity index (χ1) is 6.84. The molecule has 1 aliphatic carbocycles. The molecule has 0 spiro atoms. The van der Waals surface area contributed by atoms with Crippen LogP contribution in [-0.2, 0) is 6.42 Å². The zero-order chi connectivity index (χ0) is 9.54. The van der Waals surface area contributed by atoms with Crippen molar-refractivity contribution in [2.75, 3.05) is 0 Å². The Hall–Kier alpha value is -0.890. The smallest absolute Gasteiger partial charge is 0.0466 e. The third kappa shape index (κ3) is 1.34. The molecule has 0 aromatic carbocycles. The number of hydrogen-bond acceptors (Lipinski definition) is 2. The van der Waals surface area contributed by atoms with Crippen molar-refractivity contribution in [3.63, 3.8) is 0 Å². The van der Waals surface area contributed by atoms with Gasteiger partial charge in [0, 0.05) is 30.4 Å². The van der Waals surface area contributed by atoms with E-state index < -0.39 is 0 Å². The van der Waals surface area contributed by atoms with E-state index in [9.17, 15) is 0 Å². The normalized spacial score (nSPS) is 31.2. The Balaban J connectivity index is 2.00. The van der Waals surface area contributed by atoms with Crippen molar-refractivity contribution >= 4 is 0 Å². The van der Waals surface area contributed by atoms with Gasteiger partial charge in [0.15, 0.2) is 0 Å². The lowest BCUT2D eigenvalue weighted by Gasteiger charge is -2.30. The van der Waals surface area contributed by atoms with E-state index in [2.05, 4.69) is 29.4 Å². The second kappa shape index (κ2) is 3.06. The maximum atomic E-state index is 4.49. The number of fused-ring (bicyclic) bond motifs is 1. The van der Waals surface area contributed by atoms with E-state index in [0.717, 1.165) is 12.3 Å². The van der Waals surface area contributed by atoms with Gasteiger partial charge in [0.05, 0.1) is 0 Å². The molecule has 2 nitrogen and oxygen atoms in total. The number of nitrogens with zero attached hydrogens (tertiary/aromatic N) is 1. The quantitative estimate of drug-likeness (QED) is 0.729. The minimum absolute atomic E-state index is 0.586. The summed E-state index contributed by atoms with van der Waals surface area (Å²) in [5.74, 6) is 0.876. The molecule has 1 aliphatic heterocycles. The molecule has 0 radical (unpaired) electrons. The molecule has 74 valence electrons. The third-order valence-electron chi connectivity index (χ3n) is 3.32. The summed E-state index contributed by atoms with van der Waals surface area (Å²) >= 11 is 0. The van der Waals surface area contributed by atoms with Gasteiger partial charge >= 0.3 is 0 Å². The molecular weight excluding hydrogens is 172 g/mol. The first kappa shape index (κ1) is 8.42. The predicted molar refractivity (Wildman–Crippen MR) is 56.0 cm³/mol. The monoisotopic (exact) mass is 188 g/mol. The van der Waals surface area contributed by atoms with Crippen LogP contribution in [0, 0.1) is 5.92 Å². The Kier molecular flexibility index (Phi) is 1.84. The van der Waals surface area contributed by atoms with Crippen molar-refractivity contribution in [3.8, 4) is 0 Å². The van der Waals surface area contributed by atoms with Gasteiger partial charge in [-0.05, 0) is 37.3 Å². The summed E-state index contributed by atoms with van der Waals surface area (Å²) in [5, 5.41) is 3.69. The first-order valence-electron chi connectivity index (χ1n) is 5.54. The van der Waals surface area contributed by atoms with Gasteiger partial charge in [-0.15, -0.1) is 0 Å². The number of rotatable bonds is 1. The van der Waals surface area contributed by atoms with Gasteiger partial charge in [-0.25, -0.2) is 0 Å². The van der Waals surface area contributed by atoms with Gasteiger partial charge < -0.3 is 5.32 Å². The molecule has 1 N–H and O–H groups in total. The summed E-state index contributed by atoms with van der Waals surface area (Å²) in [4.78, 5) is 4.49. The van der Waals surface area contributed by atoms with E-state index in [1.54, 1.807) is 0 Å². The Labute approximate surface area is 84.7 Å². The van der Waals surface area contributed by atoms with Gasteiger partial charge in [0.25, 0.3) is 0 Å². The zero-order valence-electron chi connectivity index (χ0n) is 8.53. The van der Waals surface area contributed by atoms with Crippen LogP contribution in [0.2, 0.25) is 0 Å². The van der Waals surface area contributed by atoms with Crippen LogP contribution in [0.5, 0.6) is 0 Å². The summed E-state index contributed by atoms with van der Waals surface area (Å²) < 4.78 is 0. The third-order valence-corrected chi connectivity index (χ3v) is 3.32. The number of aromatic nitrogens is 1. The van der Waals surface area contributed by atoms with E-state index in [4.69, 9.17) is 0 Å². The molecule has 2 aliphatic rings. The summed E-state index contributed by atoms with van der Waals surface area (Å²) in [6, 6.07) is 5.47. The van der Waals surface area contributed by atoms with Gasteiger partial charge in [0.1, 0.15) is 0 Å². The van der Waals surface area contributed by atoms with Crippen molar-refractivity contribution in [2.45, 2.75) is 38.3 Å². The predicted octanol–water partition coefficient (Wildman–Crippen LogP) is 2.07. The van der Waals surface area contributed by atoms with Gasteiger partial charge in [-0.2, -0.15) is 0 Å². The molecule has 0 bridgehead atoms. The SMILES string of the molecule is CC1Cc2ncccc2C(C2CC2)N1. The number of nitrogens with one attached hydrogen (secondary N) is 1. The fraction of sp³-hybridized carbons (Fsp3) is 0.583. The average molecular weight is 188 g/mol. The second-order valence-corrected chi connectivity index (χ2v) is 4.63. The van der Waals surface area contributed by atoms with E-state index in [1.807, 2.05) is 6.20 Å². The molecule has 2 heteroatoms. The summed E-state index contributed by atoms with van der Waals surface area (Å²) in [6.07, 6.45) is 5.78. The Morgan fingerprint density at radius 3 is 3.07 bits per heavy atom. The van der Waals surface area contributed by atoms with Crippen LogP contribution in [0.1, 0.15) is 37.1 Å². The second-order valence-electron chi connectivity index (χ2n) is 4.63. The highest BCUT2D eigenvalue weighted by Crippen LogP contribution is 2.43. The Bertz CT molecular complexity index is 344. The fourth-order valence-corrected chi connectivity index (χ4v) is 2.47. The highest BCUT2D eigenvalue weighted by Gasteiger charge is 2.36. The van der Waals surface area contributed by atoms with E-state index >= 15 is 0 Å². The lowest BCUT2D eigenvalue weighted by atomic mass is 9.92. The molecule has 1 fully saturated rings. The minimum atomic E-state index is 0.586. The van der Waals surface area contributed by atoms with Crippen molar-refractivity contribution in [3.05, 3.63) is 29.6 Å². The van der Waals surface area contributed by atoms with Gasteiger partial charge in [-0.1, -0.05) is 6.07 Å². The zero-order valence-corrected chi connectivity index (χ0v) is 8.53. The molecule has 2 atom stereocenters. The minimum Gasteiger partial charge on any atom is -0.307 e. The summed E-state index contributed by atoms with van der Waals surface area (Å²) in [6.45, 7) is 2.26. The van der Waals surface area contributed by atoms with Crippen LogP contribution >= 0.6 is 0 Å². The summed E-state index contributed by atoms with van der Waals surface area (Å²) in [7, 11) is 0. The Morgan fingerprint density at radius 2 is 2.29 bits per heavy atom. The van der Waals surface area contributed by atoms with Crippen LogP contribution in [0.3, 0.4) is 0 Å². The van der Waals surface area contributed by atoms with Crippen LogP contribution in [-0.4, -0.2) is 11.0 Å². The Morgan fingerprint density at radius 1 is 1.43 bits per heavy atom. The lowest BCUT2D eigenvalue weighted by molar-refractivity contribution is 0.385. The largest absolute Gasteiger partial charge is 0.307 e. The molecule has 2 unspecified atom stereocenters. The number of pyridine rings is 1. The standard InChI is InChI=1S/C12H16N2/c1-8-7-11-10(3-2-6-13-11)12(14-8)9-4-5-9/h2-3,6,8-9,12,14H,4-5,7H2,1H3. The molecule has 1 aromatic rings. The molecule has 1 saturated carbocycles. The van der Waals surface area contributed by atoms with Crippen molar-refractivity contribution < 1.29 is 0 Å². The van der Waals surface area contributed by atoms with Crippen molar-refractivity contribution in [2.24, 2.45) is 5.92 Å². The molecule has 1 aromatic heterocycles. The van der Waals surface area contributed by atoms with Crippen molar-refractivity contribution in [1.29, 1.82) is 0 Å². The van der Waals surface area contributed by atoms with Crippen LogP contribution < -0.4 is 5.32 Å². The first-order valence-corrected chi connectivity index (χ1v) is 5.54. The van der Waals surface area contributed by atoms with Crippen LogP contribution in [0.25, 0.3) is 0 Å². The maximum Gasteiger partial charge on any atom is 0.0466 e. The molecular formula is C12H16N2. The highest BCUT2D eigenvalue weighted by atomic mass is 15.0. The highest BCUT2D eigenvalue weighted by molar-refractivity contribution is 5.29. The molecule has 14 heavy (non-hydrogen) atoms. The van der Waals surface area contributed by atoms with E-state index in [1.165, 1.54) is 24.1 Å². The molecule has 3 rings (SSSR count). The number of hydrogen-bond donors (Lipinski definition) is 1. The van der Waals surface area contributed by atoms with Gasteiger partial charge in [0.2, 0.25) is 0 Å². The lowest BCUT2D eigenvalue weighted by Crippen LogP contribution is -2.38. The van der Waals surface area contributed by atoms with Crippen LogP contribution in [0.4, 0.5) is 0 Å². The summed E-state index contributed by atoms with van der Waals surface area (Å²) in [5.41, 5.74) is 2.77. The average Bonchev–Trinajstić information content (AvgIpc) is 2.99. The van der Waals surface area contributed by atoms with E-state index in [0.29, 0.717) is 12.1 Å². The fourth-order valence-electron chi connectivity index (χ4n) is 2.47.